The van der Waals surface area contributed by atoms with E-state index in [2.05, 4.69) is 4.72 Å². The van der Waals surface area contributed by atoms with Crippen LogP contribution >= 0.6 is 0 Å². The van der Waals surface area contributed by atoms with E-state index in [0.717, 1.165) is 0 Å². The Morgan fingerprint density at radius 1 is 1.05 bits per heavy atom. The van der Waals surface area contributed by atoms with Gasteiger partial charge in [-0.15, -0.1) is 0 Å². The highest BCUT2D eigenvalue weighted by molar-refractivity contribution is 7.92. The maximum absolute atomic E-state index is 12.1. The van der Waals surface area contributed by atoms with Gasteiger partial charge in [-0.3, -0.25) is 9.52 Å². The molecule has 0 amide bonds. The van der Waals surface area contributed by atoms with Gasteiger partial charge >= 0.3 is 0 Å². The third-order valence-corrected chi connectivity index (χ3v) is 4.07. The molecule has 0 aliphatic rings. The number of Topliss-reactive ketones (excluding diaryl/α,β-unsaturated/α-hetero) is 1. The predicted molar refractivity (Wildman–Crippen MR) is 77.1 cm³/mol. The Bertz CT molecular complexity index is 712. The van der Waals surface area contributed by atoms with Gasteiger partial charge in [-0.2, -0.15) is 0 Å². The molecule has 20 heavy (non-hydrogen) atoms. The number of anilines is 1. The lowest BCUT2D eigenvalue weighted by Gasteiger charge is -2.09. The summed E-state index contributed by atoms with van der Waals surface area (Å²) in [6.07, 6.45) is 0. The molecule has 2 rings (SSSR count). The maximum Gasteiger partial charge on any atom is 0.261 e. The summed E-state index contributed by atoms with van der Waals surface area (Å²) >= 11 is 0. The summed E-state index contributed by atoms with van der Waals surface area (Å²) < 4.78 is 26.7. The molecule has 2 aromatic rings. The van der Waals surface area contributed by atoms with Gasteiger partial charge in [0.15, 0.2) is 5.78 Å². The van der Waals surface area contributed by atoms with Crippen LogP contribution in [0.3, 0.4) is 0 Å². The fourth-order valence-corrected chi connectivity index (χ4v) is 2.76. The fraction of sp³-hybridized carbons (Fsp3) is 0.0714. The molecule has 0 bridgehead atoms. The predicted octanol–water partition coefficient (Wildman–Crippen LogP) is 1.63. The molecule has 0 saturated carbocycles. The lowest BCUT2D eigenvalue weighted by atomic mass is 10.1. The number of carbonyl (C=O) groups is 1. The van der Waals surface area contributed by atoms with Gasteiger partial charge < -0.3 is 5.73 Å². The van der Waals surface area contributed by atoms with E-state index < -0.39 is 10.0 Å². The van der Waals surface area contributed by atoms with Crippen molar-refractivity contribution in [1.82, 2.24) is 0 Å². The van der Waals surface area contributed by atoms with Crippen molar-refractivity contribution in [2.45, 2.75) is 4.90 Å². The third-order valence-electron chi connectivity index (χ3n) is 2.68. The van der Waals surface area contributed by atoms with Crippen LogP contribution in [0.4, 0.5) is 5.69 Å². The van der Waals surface area contributed by atoms with Crippen LogP contribution in [0.2, 0.25) is 0 Å². The Hall–Kier alpha value is -2.18. The molecule has 0 unspecified atom stereocenters. The molecule has 0 fully saturated rings. The van der Waals surface area contributed by atoms with Crippen molar-refractivity contribution in [3.05, 3.63) is 60.2 Å². The zero-order chi connectivity index (χ0) is 14.6. The fourth-order valence-electron chi connectivity index (χ4n) is 1.69. The van der Waals surface area contributed by atoms with E-state index in [9.17, 15) is 13.2 Å². The summed E-state index contributed by atoms with van der Waals surface area (Å²) in [6.45, 7) is -0.116. The maximum atomic E-state index is 12.1. The number of ketones is 1. The molecule has 104 valence electrons. The van der Waals surface area contributed by atoms with Crippen LogP contribution in [-0.2, 0) is 10.0 Å². The van der Waals surface area contributed by atoms with E-state index in [1.54, 1.807) is 36.4 Å². The highest BCUT2D eigenvalue weighted by Crippen LogP contribution is 2.17. The molecule has 0 spiro atoms. The third kappa shape index (κ3) is 3.23. The SMILES string of the molecule is NCC(=O)c1cccc(NS(=O)(=O)c2ccccc2)c1. The van der Waals surface area contributed by atoms with Crippen LogP contribution in [-0.4, -0.2) is 20.7 Å². The van der Waals surface area contributed by atoms with Crippen LogP contribution < -0.4 is 10.5 Å². The van der Waals surface area contributed by atoms with Crippen molar-refractivity contribution < 1.29 is 13.2 Å². The molecule has 0 aliphatic carbocycles. The molecular weight excluding hydrogens is 276 g/mol. The van der Waals surface area contributed by atoms with Crippen molar-refractivity contribution in [2.24, 2.45) is 5.73 Å². The van der Waals surface area contributed by atoms with Crippen molar-refractivity contribution >= 4 is 21.5 Å². The van der Waals surface area contributed by atoms with Gasteiger partial charge in [0.05, 0.1) is 11.4 Å². The van der Waals surface area contributed by atoms with Gasteiger partial charge in [-0.1, -0.05) is 30.3 Å². The molecule has 2 aromatic carbocycles. The van der Waals surface area contributed by atoms with Crippen molar-refractivity contribution in [2.75, 3.05) is 11.3 Å². The average molecular weight is 290 g/mol. The Morgan fingerprint density at radius 3 is 2.40 bits per heavy atom. The van der Waals surface area contributed by atoms with Crippen LogP contribution in [0.25, 0.3) is 0 Å². The summed E-state index contributed by atoms with van der Waals surface area (Å²) in [7, 11) is -3.66. The van der Waals surface area contributed by atoms with E-state index in [1.165, 1.54) is 18.2 Å². The summed E-state index contributed by atoms with van der Waals surface area (Å²) in [6, 6.07) is 14.3. The Labute approximate surface area is 117 Å². The molecular formula is C14H14N2O3S. The summed E-state index contributed by atoms with van der Waals surface area (Å²) in [5.41, 5.74) is 5.99. The van der Waals surface area contributed by atoms with Crippen molar-refractivity contribution in [3.8, 4) is 0 Å². The number of nitrogens with one attached hydrogen (secondary N) is 1. The van der Waals surface area contributed by atoms with Gasteiger partial charge in [-0.05, 0) is 24.3 Å². The molecule has 0 saturated heterocycles. The van der Waals surface area contributed by atoms with Crippen LogP contribution in [0.5, 0.6) is 0 Å². The van der Waals surface area contributed by atoms with E-state index in [4.69, 9.17) is 5.73 Å². The zero-order valence-corrected chi connectivity index (χ0v) is 11.4. The minimum absolute atomic E-state index is 0.116. The number of sulfonamides is 1. The monoisotopic (exact) mass is 290 g/mol. The number of rotatable bonds is 5. The lowest BCUT2D eigenvalue weighted by molar-refractivity contribution is 0.100. The summed E-state index contributed by atoms with van der Waals surface area (Å²) in [5, 5.41) is 0. The van der Waals surface area contributed by atoms with Crippen molar-refractivity contribution in [3.63, 3.8) is 0 Å². The van der Waals surface area contributed by atoms with Gasteiger partial charge in [0.1, 0.15) is 0 Å². The van der Waals surface area contributed by atoms with E-state index in [0.29, 0.717) is 11.3 Å². The van der Waals surface area contributed by atoms with E-state index in [1.807, 2.05) is 0 Å². The smallest absolute Gasteiger partial charge is 0.261 e. The second-order valence-electron chi connectivity index (χ2n) is 4.13. The first-order valence-electron chi connectivity index (χ1n) is 5.94. The highest BCUT2D eigenvalue weighted by Gasteiger charge is 2.14. The Kier molecular flexibility index (Phi) is 4.16. The van der Waals surface area contributed by atoms with Crippen LogP contribution in [0, 0.1) is 0 Å². The number of hydrogen-bond acceptors (Lipinski definition) is 4. The van der Waals surface area contributed by atoms with Crippen LogP contribution in [0.1, 0.15) is 10.4 Å². The molecule has 5 nitrogen and oxygen atoms in total. The largest absolute Gasteiger partial charge is 0.324 e. The molecule has 0 aromatic heterocycles. The standard InChI is InChI=1S/C14H14N2O3S/c15-10-14(17)11-5-4-6-12(9-11)16-20(18,19)13-7-2-1-3-8-13/h1-9,16H,10,15H2. The highest BCUT2D eigenvalue weighted by atomic mass is 32.2. The van der Waals surface area contributed by atoms with E-state index >= 15 is 0 Å². The Balaban J connectivity index is 2.29. The quantitative estimate of drug-likeness (QED) is 0.819. The van der Waals surface area contributed by atoms with Gasteiger partial charge in [-0.25, -0.2) is 8.42 Å². The first-order chi connectivity index (χ1) is 9.53. The van der Waals surface area contributed by atoms with Gasteiger partial charge in [0.25, 0.3) is 10.0 Å². The minimum atomic E-state index is -3.66. The molecule has 0 aliphatic heterocycles. The molecule has 3 N–H and O–H groups in total. The van der Waals surface area contributed by atoms with Gasteiger partial charge in [0.2, 0.25) is 0 Å². The normalized spacial score (nSPS) is 11.1. The average Bonchev–Trinajstić information content (AvgIpc) is 2.47. The summed E-state index contributed by atoms with van der Waals surface area (Å²) in [4.78, 5) is 11.7. The molecule has 0 radical (unpaired) electrons. The number of carbonyl (C=O) groups excluding carboxylic acids is 1. The Morgan fingerprint density at radius 2 is 1.75 bits per heavy atom. The summed E-state index contributed by atoms with van der Waals surface area (Å²) in [5.74, 6) is -0.245. The van der Waals surface area contributed by atoms with Gasteiger partial charge in [0, 0.05) is 11.3 Å². The lowest BCUT2D eigenvalue weighted by Crippen LogP contribution is -2.15. The molecule has 6 heteroatoms. The molecule has 0 heterocycles. The first-order valence-corrected chi connectivity index (χ1v) is 7.42. The second-order valence-corrected chi connectivity index (χ2v) is 5.81. The number of nitrogens with two attached hydrogens (primary N) is 1. The minimum Gasteiger partial charge on any atom is -0.324 e. The second kappa shape index (κ2) is 5.85. The van der Waals surface area contributed by atoms with E-state index in [-0.39, 0.29) is 17.2 Å². The van der Waals surface area contributed by atoms with Crippen LogP contribution in [0.15, 0.2) is 59.5 Å². The number of benzene rings is 2. The molecule has 0 atom stereocenters. The number of hydrogen-bond donors (Lipinski definition) is 2. The first kappa shape index (κ1) is 14.2. The topological polar surface area (TPSA) is 89.3 Å². The van der Waals surface area contributed by atoms with Crippen molar-refractivity contribution in [1.29, 1.82) is 0 Å². The zero-order valence-electron chi connectivity index (χ0n) is 10.6.